The van der Waals surface area contributed by atoms with Crippen LogP contribution in [0, 0.1) is 17.2 Å². The first-order valence-electron chi connectivity index (χ1n) is 5.12. The fourth-order valence-electron chi connectivity index (χ4n) is 1.31. The molecule has 1 unspecified atom stereocenters. The molecular formula is C12H14Cl2N2. The van der Waals surface area contributed by atoms with Gasteiger partial charge in [-0.25, -0.2) is 0 Å². The van der Waals surface area contributed by atoms with Gasteiger partial charge >= 0.3 is 0 Å². The lowest BCUT2D eigenvalue weighted by Crippen LogP contribution is -2.24. The van der Waals surface area contributed by atoms with Crippen molar-refractivity contribution in [2.45, 2.75) is 19.9 Å². The molecule has 1 aromatic rings. The van der Waals surface area contributed by atoms with Crippen molar-refractivity contribution in [1.29, 1.82) is 5.26 Å². The Labute approximate surface area is 106 Å². The van der Waals surface area contributed by atoms with E-state index >= 15 is 0 Å². The SMILES string of the molecule is CC(C)CNC(C#N)c1cc(Cl)ccc1Cl. The number of benzene rings is 1. The van der Waals surface area contributed by atoms with Gasteiger partial charge in [-0.15, -0.1) is 0 Å². The second-order valence-corrected chi connectivity index (χ2v) is 4.87. The van der Waals surface area contributed by atoms with Gasteiger partial charge in [0.2, 0.25) is 0 Å². The summed E-state index contributed by atoms with van der Waals surface area (Å²) in [5.74, 6) is 0.480. The van der Waals surface area contributed by atoms with E-state index in [1.807, 2.05) is 0 Å². The zero-order valence-corrected chi connectivity index (χ0v) is 10.8. The average molecular weight is 257 g/mol. The van der Waals surface area contributed by atoms with Crippen LogP contribution >= 0.6 is 23.2 Å². The molecule has 4 heteroatoms. The van der Waals surface area contributed by atoms with Gasteiger partial charge < -0.3 is 0 Å². The molecule has 1 N–H and O–H groups in total. The van der Waals surface area contributed by atoms with E-state index < -0.39 is 6.04 Å². The first kappa shape index (κ1) is 13.3. The number of halogens is 2. The lowest BCUT2D eigenvalue weighted by molar-refractivity contribution is 0.525. The van der Waals surface area contributed by atoms with Crippen LogP contribution in [0.5, 0.6) is 0 Å². The van der Waals surface area contributed by atoms with E-state index in [-0.39, 0.29) is 0 Å². The van der Waals surface area contributed by atoms with Crippen LogP contribution in [0.4, 0.5) is 0 Å². The van der Waals surface area contributed by atoms with Crippen molar-refractivity contribution >= 4 is 23.2 Å². The van der Waals surface area contributed by atoms with Crippen LogP contribution in [0.1, 0.15) is 25.5 Å². The number of rotatable bonds is 4. The Bertz CT molecular complexity index is 396. The molecule has 1 rings (SSSR count). The largest absolute Gasteiger partial charge is 0.298 e. The molecule has 0 aromatic heterocycles. The van der Waals surface area contributed by atoms with E-state index in [0.717, 1.165) is 12.1 Å². The van der Waals surface area contributed by atoms with Crippen molar-refractivity contribution in [2.75, 3.05) is 6.54 Å². The van der Waals surface area contributed by atoms with Crippen LogP contribution in [0.15, 0.2) is 18.2 Å². The van der Waals surface area contributed by atoms with Crippen molar-refractivity contribution < 1.29 is 0 Å². The van der Waals surface area contributed by atoms with Crippen LogP contribution in [0.2, 0.25) is 10.0 Å². The second kappa shape index (κ2) is 6.10. The average Bonchev–Trinajstić information content (AvgIpc) is 2.23. The van der Waals surface area contributed by atoms with E-state index in [1.54, 1.807) is 18.2 Å². The maximum Gasteiger partial charge on any atom is 0.122 e. The fourth-order valence-corrected chi connectivity index (χ4v) is 1.72. The summed E-state index contributed by atoms with van der Waals surface area (Å²) in [5, 5.41) is 13.4. The lowest BCUT2D eigenvalue weighted by atomic mass is 10.1. The molecule has 0 amide bonds. The Kier molecular flexibility index (Phi) is 5.08. The van der Waals surface area contributed by atoms with Gasteiger partial charge in [0.1, 0.15) is 6.04 Å². The highest BCUT2D eigenvalue weighted by Gasteiger charge is 2.14. The van der Waals surface area contributed by atoms with E-state index in [2.05, 4.69) is 25.2 Å². The summed E-state index contributed by atoms with van der Waals surface area (Å²) < 4.78 is 0. The van der Waals surface area contributed by atoms with Crippen molar-refractivity contribution in [3.8, 4) is 6.07 Å². The summed E-state index contributed by atoms with van der Waals surface area (Å²) in [7, 11) is 0. The standard InChI is InChI=1S/C12H14Cl2N2/c1-8(2)7-16-12(6-15)10-5-9(13)3-4-11(10)14/h3-5,8,12,16H,7H2,1-2H3. The van der Waals surface area contributed by atoms with Gasteiger partial charge in [0.25, 0.3) is 0 Å². The van der Waals surface area contributed by atoms with Gasteiger partial charge in [-0.05, 0) is 30.7 Å². The lowest BCUT2D eigenvalue weighted by Gasteiger charge is -2.15. The maximum absolute atomic E-state index is 9.09. The zero-order chi connectivity index (χ0) is 12.1. The predicted octanol–water partition coefficient (Wildman–Crippen LogP) is 3.80. The summed E-state index contributed by atoms with van der Waals surface area (Å²) in [5.41, 5.74) is 0.734. The molecule has 16 heavy (non-hydrogen) atoms. The van der Waals surface area contributed by atoms with E-state index in [4.69, 9.17) is 28.5 Å². The first-order valence-corrected chi connectivity index (χ1v) is 5.88. The topological polar surface area (TPSA) is 35.8 Å². The Hall–Kier alpha value is -0.750. The number of hydrogen-bond donors (Lipinski definition) is 1. The number of nitriles is 1. The third-order valence-electron chi connectivity index (χ3n) is 2.13. The molecule has 0 fully saturated rings. The molecule has 0 aliphatic heterocycles. The highest BCUT2D eigenvalue weighted by Crippen LogP contribution is 2.26. The molecule has 0 aliphatic rings. The molecule has 2 nitrogen and oxygen atoms in total. The predicted molar refractivity (Wildman–Crippen MR) is 67.7 cm³/mol. The molecule has 86 valence electrons. The monoisotopic (exact) mass is 256 g/mol. The fraction of sp³-hybridized carbons (Fsp3) is 0.417. The van der Waals surface area contributed by atoms with Gasteiger partial charge in [0.05, 0.1) is 6.07 Å². The van der Waals surface area contributed by atoms with Gasteiger partial charge in [0, 0.05) is 15.6 Å². The summed E-state index contributed by atoms with van der Waals surface area (Å²) in [6, 6.07) is 6.93. The number of nitrogens with one attached hydrogen (secondary N) is 1. The van der Waals surface area contributed by atoms with Crippen molar-refractivity contribution in [3.05, 3.63) is 33.8 Å². The molecule has 1 aromatic carbocycles. The highest BCUT2D eigenvalue weighted by molar-refractivity contribution is 6.33. The molecule has 0 spiro atoms. The van der Waals surface area contributed by atoms with Gasteiger partial charge in [-0.3, -0.25) is 5.32 Å². The molecule has 0 heterocycles. The Morgan fingerprint density at radius 2 is 2.06 bits per heavy atom. The third-order valence-corrected chi connectivity index (χ3v) is 2.71. The normalized spacial score (nSPS) is 12.5. The summed E-state index contributed by atoms with van der Waals surface area (Å²) >= 11 is 11.9. The molecule has 0 saturated heterocycles. The Morgan fingerprint density at radius 1 is 1.38 bits per heavy atom. The molecular weight excluding hydrogens is 243 g/mol. The van der Waals surface area contributed by atoms with Crippen molar-refractivity contribution in [3.63, 3.8) is 0 Å². The minimum atomic E-state index is -0.409. The Morgan fingerprint density at radius 3 is 2.62 bits per heavy atom. The van der Waals surface area contributed by atoms with Crippen LogP contribution in [0.25, 0.3) is 0 Å². The molecule has 0 radical (unpaired) electrons. The minimum absolute atomic E-state index is 0.409. The molecule has 1 atom stereocenters. The molecule has 0 aliphatic carbocycles. The van der Waals surface area contributed by atoms with Crippen LogP contribution in [-0.4, -0.2) is 6.54 Å². The quantitative estimate of drug-likeness (QED) is 0.890. The van der Waals surface area contributed by atoms with Crippen LogP contribution in [0.3, 0.4) is 0 Å². The van der Waals surface area contributed by atoms with Crippen LogP contribution in [-0.2, 0) is 0 Å². The first-order chi connectivity index (χ1) is 7.54. The third kappa shape index (κ3) is 3.68. The smallest absolute Gasteiger partial charge is 0.122 e. The summed E-state index contributed by atoms with van der Waals surface area (Å²) in [6.07, 6.45) is 0. The van der Waals surface area contributed by atoms with E-state index in [0.29, 0.717) is 16.0 Å². The minimum Gasteiger partial charge on any atom is -0.298 e. The van der Waals surface area contributed by atoms with E-state index in [9.17, 15) is 0 Å². The molecule has 0 saturated carbocycles. The Balaban J connectivity index is 2.87. The molecule has 0 bridgehead atoms. The van der Waals surface area contributed by atoms with Crippen molar-refractivity contribution in [1.82, 2.24) is 5.32 Å². The maximum atomic E-state index is 9.09. The van der Waals surface area contributed by atoms with Crippen LogP contribution < -0.4 is 5.32 Å². The van der Waals surface area contributed by atoms with Crippen molar-refractivity contribution in [2.24, 2.45) is 5.92 Å². The second-order valence-electron chi connectivity index (χ2n) is 4.03. The van der Waals surface area contributed by atoms with Gasteiger partial charge in [0.15, 0.2) is 0 Å². The van der Waals surface area contributed by atoms with E-state index in [1.165, 1.54) is 0 Å². The van der Waals surface area contributed by atoms with Gasteiger partial charge in [-0.2, -0.15) is 5.26 Å². The number of nitrogens with zero attached hydrogens (tertiary/aromatic N) is 1. The highest BCUT2D eigenvalue weighted by atomic mass is 35.5. The zero-order valence-electron chi connectivity index (χ0n) is 9.30. The summed E-state index contributed by atoms with van der Waals surface area (Å²) in [4.78, 5) is 0. The number of hydrogen-bond acceptors (Lipinski definition) is 2. The van der Waals surface area contributed by atoms with Gasteiger partial charge in [-0.1, -0.05) is 37.0 Å². The summed E-state index contributed by atoms with van der Waals surface area (Å²) in [6.45, 7) is 4.93.